The van der Waals surface area contributed by atoms with E-state index in [0.717, 1.165) is 10.8 Å². The van der Waals surface area contributed by atoms with Crippen LogP contribution in [0.5, 0.6) is 5.75 Å². The van der Waals surface area contributed by atoms with E-state index in [-0.39, 0.29) is 22.7 Å². The van der Waals surface area contributed by atoms with Crippen LogP contribution in [-0.4, -0.2) is 22.0 Å². The summed E-state index contributed by atoms with van der Waals surface area (Å²) in [7, 11) is 0. The van der Waals surface area contributed by atoms with Gasteiger partial charge >= 0.3 is 5.97 Å². The van der Waals surface area contributed by atoms with Crippen LogP contribution in [0.4, 0.5) is 0 Å². The summed E-state index contributed by atoms with van der Waals surface area (Å²) >= 11 is 0. The van der Waals surface area contributed by atoms with Crippen LogP contribution in [0, 0.1) is 0 Å². The molecule has 108 valence electrons. The standard InChI is InChI=1S/C18H12O4/c19-16-9-8-12(10-15(16)18(21)22)17(20)14-7-3-5-11-4-1-2-6-13(11)14/h1-10,19H,(H,21,22). The van der Waals surface area contributed by atoms with Gasteiger partial charge in [0, 0.05) is 11.1 Å². The van der Waals surface area contributed by atoms with Crippen molar-refractivity contribution in [1.29, 1.82) is 0 Å². The van der Waals surface area contributed by atoms with E-state index < -0.39 is 5.97 Å². The lowest BCUT2D eigenvalue weighted by molar-refractivity contribution is 0.0693. The Kier molecular flexibility index (Phi) is 3.35. The van der Waals surface area contributed by atoms with Crippen LogP contribution in [0.25, 0.3) is 10.8 Å². The molecule has 0 saturated carbocycles. The average Bonchev–Trinajstić information content (AvgIpc) is 2.54. The molecule has 0 saturated heterocycles. The van der Waals surface area contributed by atoms with E-state index in [1.165, 1.54) is 18.2 Å². The van der Waals surface area contributed by atoms with Crippen molar-refractivity contribution in [2.24, 2.45) is 0 Å². The number of fused-ring (bicyclic) bond motifs is 1. The summed E-state index contributed by atoms with van der Waals surface area (Å²) in [5.41, 5.74) is 0.442. The first-order chi connectivity index (χ1) is 10.6. The predicted molar refractivity (Wildman–Crippen MR) is 82.4 cm³/mol. The topological polar surface area (TPSA) is 74.6 Å². The molecule has 0 aliphatic carbocycles. The lowest BCUT2D eigenvalue weighted by Gasteiger charge is -2.07. The molecule has 3 rings (SSSR count). The third kappa shape index (κ3) is 2.31. The van der Waals surface area contributed by atoms with Gasteiger partial charge in [0.25, 0.3) is 0 Å². The van der Waals surface area contributed by atoms with E-state index in [9.17, 15) is 14.7 Å². The first-order valence-electron chi connectivity index (χ1n) is 6.66. The Bertz CT molecular complexity index is 891. The minimum atomic E-state index is -1.27. The van der Waals surface area contributed by atoms with Gasteiger partial charge in [0.05, 0.1) is 0 Å². The number of rotatable bonds is 3. The minimum Gasteiger partial charge on any atom is -0.507 e. The van der Waals surface area contributed by atoms with E-state index in [0.29, 0.717) is 5.56 Å². The molecular weight excluding hydrogens is 280 g/mol. The number of ketones is 1. The summed E-state index contributed by atoms with van der Waals surface area (Å²) in [6.07, 6.45) is 0. The molecule has 0 amide bonds. The third-order valence-electron chi connectivity index (χ3n) is 3.52. The fraction of sp³-hybridized carbons (Fsp3) is 0. The highest BCUT2D eigenvalue weighted by Crippen LogP contribution is 2.24. The molecule has 2 N–H and O–H groups in total. The van der Waals surface area contributed by atoms with E-state index in [1.807, 2.05) is 30.3 Å². The van der Waals surface area contributed by atoms with Gasteiger partial charge in [-0.2, -0.15) is 0 Å². The first kappa shape index (κ1) is 13.8. The monoisotopic (exact) mass is 292 g/mol. The molecule has 0 heterocycles. The van der Waals surface area contributed by atoms with Crippen LogP contribution >= 0.6 is 0 Å². The zero-order valence-corrected chi connectivity index (χ0v) is 11.5. The Morgan fingerprint density at radius 2 is 1.55 bits per heavy atom. The second kappa shape index (κ2) is 5.33. The zero-order valence-electron chi connectivity index (χ0n) is 11.5. The number of aromatic carboxylic acids is 1. The molecule has 4 nitrogen and oxygen atoms in total. The van der Waals surface area contributed by atoms with Gasteiger partial charge in [0.1, 0.15) is 11.3 Å². The summed E-state index contributed by atoms with van der Waals surface area (Å²) < 4.78 is 0. The fourth-order valence-electron chi connectivity index (χ4n) is 2.43. The number of hydrogen-bond acceptors (Lipinski definition) is 3. The minimum absolute atomic E-state index is 0.228. The van der Waals surface area contributed by atoms with Gasteiger partial charge in [0.2, 0.25) is 0 Å². The Labute approximate surface area is 126 Å². The lowest BCUT2D eigenvalue weighted by atomic mass is 9.96. The predicted octanol–water partition coefficient (Wildman–Crippen LogP) is 3.47. The number of carboxylic acids is 1. The molecule has 0 radical (unpaired) electrons. The van der Waals surface area contributed by atoms with Gasteiger partial charge in [-0.25, -0.2) is 4.79 Å². The van der Waals surface area contributed by atoms with Gasteiger partial charge in [0.15, 0.2) is 5.78 Å². The van der Waals surface area contributed by atoms with Crippen molar-refractivity contribution in [2.45, 2.75) is 0 Å². The highest BCUT2D eigenvalue weighted by molar-refractivity contribution is 6.17. The lowest BCUT2D eigenvalue weighted by Crippen LogP contribution is -2.05. The quantitative estimate of drug-likeness (QED) is 0.725. The Morgan fingerprint density at radius 1 is 0.818 bits per heavy atom. The van der Waals surface area contributed by atoms with Crippen LogP contribution in [0.3, 0.4) is 0 Å². The fourth-order valence-corrected chi connectivity index (χ4v) is 2.43. The number of phenols is 1. The molecule has 0 unspecified atom stereocenters. The van der Waals surface area contributed by atoms with Gasteiger partial charge in [-0.3, -0.25) is 4.79 Å². The van der Waals surface area contributed by atoms with Crippen LogP contribution < -0.4 is 0 Å². The molecule has 0 aliphatic rings. The summed E-state index contributed by atoms with van der Waals surface area (Å²) in [6, 6.07) is 16.7. The second-order valence-corrected chi connectivity index (χ2v) is 4.89. The average molecular weight is 292 g/mol. The van der Waals surface area contributed by atoms with Crippen LogP contribution in [0.2, 0.25) is 0 Å². The second-order valence-electron chi connectivity index (χ2n) is 4.89. The van der Waals surface area contributed by atoms with Crippen LogP contribution in [0.15, 0.2) is 60.7 Å². The van der Waals surface area contributed by atoms with Gasteiger partial charge in [-0.1, -0.05) is 42.5 Å². The summed E-state index contributed by atoms with van der Waals surface area (Å²) in [5.74, 6) is -1.91. The third-order valence-corrected chi connectivity index (χ3v) is 3.52. The van der Waals surface area contributed by atoms with Crippen LogP contribution in [0.1, 0.15) is 26.3 Å². The largest absolute Gasteiger partial charge is 0.507 e. The molecular formula is C18H12O4. The van der Waals surface area contributed by atoms with E-state index in [1.54, 1.807) is 12.1 Å². The summed E-state index contributed by atoms with van der Waals surface area (Å²) in [6.45, 7) is 0. The maximum atomic E-state index is 12.7. The molecule has 0 spiro atoms. The maximum absolute atomic E-state index is 12.7. The molecule has 0 bridgehead atoms. The Hall–Kier alpha value is -3.14. The molecule has 0 atom stereocenters. The molecule has 3 aromatic rings. The van der Waals surface area contributed by atoms with Crippen molar-refractivity contribution in [2.75, 3.05) is 0 Å². The normalized spacial score (nSPS) is 10.5. The Balaban J connectivity index is 2.14. The molecule has 22 heavy (non-hydrogen) atoms. The highest BCUT2D eigenvalue weighted by Gasteiger charge is 2.16. The number of carboxylic acid groups (broad SMARTS) is 1. The number of benzene rings is 3. The van der Waals surface area contributed by atoms with Crippen molar-refractivity contribution < 1.29 is 19.8 Å². The molecule has 0 fully saturated rings. The van der Waals surface area contributed by atoms with E-state index >= 15 is 0 Å². The van der Waals surface area contributed by atoms with Crippen molar-refractivity contribution in [3.63, 3.8) is 0 Å². The van der Waals surface area contributed by atoms with Gasteiger partial charge in [-0.15, -0.1) is 0 Å². The molecule has 3 aromatic carbocycles. The molecule has 0 aromatic heterocycles. The molecule has 4 heteroatoms. The van der Waals surface area contributed by atoms with Crippen molar-refractivity contribution in [1.82, 2.24) is 0 Å². The maximum Gasteiger partial charge on any atom is 0.339 e. The van der Waals surface area contributed by atoms with Crippen molar-refractivity contribution in [3.8, 4) is 5.75 Å². The van der Waals surface area contributed by atoms with Gasteiger partial charge in [-0.05, 0) is 29.0 Å². The summed E-state index contributed by atoms with van der Waals surface area (Å²) in [4.78, 5) is 23.7. The number of carbonyl (C=O) groups is 2. The van der Waals surface area contributed by atoms with E-state index in [2.05, 4.69) is 0 Å². The smallest absolute Gasteiger partial charge is 0.339 e. The van der Waals surface area contributed by atoms with Gasteiger partial charge < -0.3 is 10.2 Å². The number of hydrogen-bond donors (Lipinski definition) is 2. The Morgan fingerprint density at radius 3 is 2.32 bits per heavy atom. The first-order valence-corrected chi connectivity index (χ1v) is 6.66. The van der Waals surface area contributed by atoms with E-state index in [4.69, 9.17) is 5.11 Å². The zero-order chi connectivity index (χ0) is 15.7. The number of carbonyl (C=O) groups excluding carboxylic acids is 1. The highest BCUT2D eigenvalue weighted by atomic mass is 16.4. The number of aromatic hydroxyl groups is 1. The van der Waals surface area contributed by atoms with Crippen molar-refractivity contribution in [3.05, 3.63) is 77.4 Å². The summed E-state index contributed by atoms with van der Waals surface area (Å²) in [5, 5.41) is 20.3. The SMILES string of the molecule is O=C(O)c1cc(C(=O)c2cccc3ccccc23)ccc1O. The molecule has 0 aliphatic heterocycles. The van der Waals surface area contributed by atoms with Crippen LogP contribution in [-0.2, 0) is 0 Å². The van der Waals surface area contributed by atoms with Crippen molar-refractivity contribution >= 4 is 22.5 Å².